The molecule has 15 heterocycles. The van der Waals surface area contributed by atoms with Crippen molar-refractivity contribution < 1.29 is 25.2 Å². The van der Waals surface area contributed by atoms with Gasteiger partial charge in [-0.05, 0) is 176 Å². The highest BCUT2D eigenvalue weighted by Crippen LogP contribution is 2.44. The summed E-state index contributed by atoms with van der Waals surface area (Å²) >= 11 is 3.43. The Morgan fingerprint density at radius 2 is 0.959 bits per heavy atom. The zero-order valence-electron chi connectivity index (χ0n) is 42.1. The molecule has 2 aromatic carbocycles. The van der Waals surface area contributed by atoms with Crippen LogP contribution in [-0.2, 0) is 23.9 Å². The lowest BCUT2D eigenvalue weighted by Crippen LogP contribution is -2.58. The van der Waals surface area contributed by atoms with E-state index in [1.807, 2.05) is 74.2 Å². The summed E-state index contributed by atoms with van der Waals surface area (Å²) < 4.78 is 11.3. The van der Waals surface area contributed by atoms with Gasteiger partial charge in [0.2, 0.25) is 0 Å². The summed E-state index contributed by atoms with van der Waals surface area (Å²) in [7, 11) is 4.87. The van der Waals surface area contributed by atoms with Gasteiger partial charge in [-0.15, -0.1) is 21.7 Å². The van der Waals surface area contributed by atoms with Crippen molar-refractivity contribution in [1.29, 1.82) is 0 Å². The van der Waals surface area contributed by atoms with Crippen LogP contribution in [0.5, 0.6) is 5.75 Å². The number of terminal acetylenes is 1. The molecule has 8 bridgehead atoms. The molecule has 4 N–H and O–H groups in total. The second-order valence-corrected chi connectivity index (χ2v) is 21.8. The number of azide groups is 1. The predicted octanol–water partition coefficient (Wildman–Crippen LogP) is 3.86. The molecule has 73 heavy (non-hydrogen) atoms. The van der Waals surface area contributed by atoms with E-state index < -0.39 is 22.4 Å². The molecule has 0 saturated carbocycles. The summed E-state index contributed by atoms with van der Waals surface area (Å²) in [6.45, 7) is 11.6. The minimum absolute atomic E-state index is 0.290. The number of nitrogens with zero attached hydrogens (tertiary/aromatic N) is 16. The van der Waals surface area contributed by atoms with Crippen LogP contribution >= 0.6 is 15.9 Å². The number of aromatic nitrogens is 9. The molecule has 12 aliphatic rings. The van der Waals surface area contributed by atoms with E-state index >= 15 is 0 Å². The summed E-state index contributed by atoms with van der Waals surface area (Å²) in [5.74, 6) is 4.64. The molecule has 4 atom stereocenters. The van der Waals surface area contributed by atoms with Gasteiger partial charge < -0.3 is 39.9 Å². The van der Waals surface area contributed by atoms with Gasteiger partial charge in [0.1, 0.15) is 45.2 Å². The first-order chi connectivity index (χ1) is 35.2. The average molecular weight is 1070 g/mol. The monoisotopic (exact) mass is 1060 g/mol. The molecule has 21 nitrogen and oxygen atoms in total. The molecule has 17 rings (SSSR count). The summed E-state index contributed by atoms with van der Waals surface area (Å²) in [5, 5.41) is 70.5. The van der Waals surface area contributed by atoms with Crippen LogP contribution in [0.1, 0.15) is 68.4 Å². The van der Waals surface area contributed by atoms with Gasteiger partial charge in [0.15, 0.2) is 0 Å². The van der Waals surface area contributed by atoms with Gasteiger partial charge in [0.05, 0.1) is 37.1 Å². The third-order valence-electron chi connectivity index (χ3n) is 16.6. The van der Waals surface area contributed by atoms with Crippen LogP contribution in [0.4, 0.5) is 0 Å². The second-order valence-electron chi connectivity index (χ2n) is 20.9. The Morgan fingerprint density at radius 1 is 0.603 bits per heavy atom. The molecule has 0 amide bonds. The Kier molecular flexibility index (Phi) is 16.0. The molecule has 22 heteroatoms. The Morgan fingerprint density at radius 3 is 1.25 bits per heavy atom. The maximum atomic E-state index is 11.1. The quantitative estimate of drug-likeness (QED) is 0.0817. The molecular formula is C51H69BrN16O5. The van der Waals surface area contributed by atoms with Crippen molar-refractivity contribution in [3.8, 4) is 29.5 Å². The van der Waals surface area contributed by atoms with Crippen LogP contribution in [0.25, 0.3) is 21.8 Å². The molecule has 390 valence electrons. The molecule has 0 radical (unpaired) electrons. The number of benzene rings is 2. The standard InChI is InChI=1S/C16H20N4O2.C15H17BrN4O.C10H16N4O.C9H13NO.CH3N3/c1-22-14-4-2-13(3-5-14)20-10-15(17-18-20)16(21)11-19-8-6-12(16)7-9-19;16-12-1-3-13(4-2-12)20-9-14(17-18-20)15(21)10-19-7-5-11(15)6-8-19;1-13-6-9(11-12-13)10(15)7-14-4-2-8(10)3-5-14;1-2-9(11)7-10-5-3-8(9)4-6-10;1-3-4-2/h2-5,10,12,21H,6-9,11H2,1H3;1-4,9,11,21H,5-8,10H2;6,8,15H,2-5,7H2,1H3;1,8,11H,3-7H2;1H3. The van der Waals surface area contributed by atoms with Gasteiger partial charge in [-0.3, -0.25) is 9.58 Å². The van der Waals surface area contributed by atoms with Crippen LogP contribution in [-0.4, -0.2) is 183 Å². The molecule has 0 spiro atoms. The van der Waals surface area contributed by atoms with Crippen molar-refractivity contribution in [3.63, 3.8) is 0 Å². The predicted molar refractivity (Wildman–Crippen MR) is 275 cm³/mol. The largest absolute Gasteiger partial charge is 0.497 e. The second kappa shape index (κ2) is 22.3. The SMILES string of the molecule is C#CC1(O)CN2CCC1CC2.CN=[N+]=[N-].COc1ccc(-n2cc(C3(O)CN4CCC3CC4)nn2)cc1.Cn1cc(C2(O)CN3CCC2CC3)nn1.OC1(c2cn(-c3ccc(Br)cc3)nn2)CN2CCC1CC2. The maximum Gasteiger partial charge on any atom is 0.140 e. The van der Waals surface area contributed by atoms with Crippen molar-refractivity contribution in [1.82, 2.24) is 64.6 Å². The molecule has 12 aliphatic heterocycles. The van der Waals surface area contributed by atoms with Gasteiger partial charge in [-0.25, -0.2) is 9.36 Å². The van der Waals surface area contributed by atoms with E-state index in [1.54, 1.807) is 21.2 Å². The maximum absolute atomic E-state index is 11.1. The number of hydrogen-bond acceptors (Lipinski definition) is 16. The number of aryl methyl sites for hydroxylation is 1. The number of aliphatic hydroxyl groups is 4. The lowest BCUT2D eigenvalue weighted by atomic mass is 9.74. The number of rotatable bonds is 6. The van der Waals surface area contributed by atoms with Gasteiger partial charge >= 0.3 is 0 Å². The molecule has 4 unspecified atom stereocenters. The normalized spacial score (nSPS) is 34.0. The lowest BCUT2D eigenvalue weighted by Gasteiger charge is -2.49. The molecule has 0 aliphatic carbocycles. The van der Waals surface area contributed by atoms with E-state index in [2.05, 4.69) is 82.4 Å². The molecule has 5 aromatic rings. The Hall–Kier alpha value is -5.31. The fourth-order valence-electron chi connectivity index (χ4n) is 12.2. The van der Waals surface area contributed by atoms with E-state index in [0.717, 1.165) is 138 Å². The Bertz CT molecular complexity index is 2690. The fourth-order valence-corrected chi connectivity index (χ4v) is 12.5. The van der Waals surface area contributed by atoms with Crippen molar-refractivity contribution in [2.75, 3.05) is 92.7 Å². The van der Waals surface area contributed by atoms with Crippen molar-refractivity contribution in [2.45, 2.75) is 73.8 Å². The van der Waals surface area contributed by atoms with Crippen LogP contribution in [0.15, 0.2) is 76.7 Å². The highest BCUT2D eigenvalue weighted by Gasteiger charge is 2.51. The number of halogens is 1. The van der Waals surface area contributed by atoms with E-state index in [1.165, 1.54) is 7.05 Å². The average Bonchev–Trinajstić information content (AvgIpc) is 4.24. The van der Waals surface area contributed by atoms with Gasteiger partial charge in [0.25, 0.3) is 0 Å². The number of ether oxygens (including phenoxy) is 1. The zero-order chi connectivity index (χ0) is 51.4. The smallest absolute Gasteiger partial charge is 0.140 e. The third kappa shape index (κ3) is 11.2. The first-order valence-corrected chi connectivity index (χ1v) is 26.3. The summed E-state index contributed by atoms with van der Waals surface area (Å²) in [6.07, 6.45) is 19.3. The van der Waals surface area contributed by atoms with Gasteiger partial charge in [0, 0.05) is 55.6 Å². The summed E-state index contributed by atoms with van der Waals surface area (Å²) in [6, 6.07) is 15.5. The minimum Gasteiger partial charge on any atom is -0.497 e. The number of fused-ring (bicyclic) bond motifs is 12. The van der Waals surface area contributed by atoms with E-state index in [-0.39, 0.29) is 0 Å². The van der Waals surface area contributed by atoms with Crippen molar-refractivity contribution in [2.24, 2.45) is 35.8 Å². The minimum atomic E-state index is -0.860. The van der Waals surface area contributed by atoms with E-state index in [0.29, 0.717) is 54.7 Å². The number of hydrogen-bond donors (Lipinski definition) is 4. The number of piperidine rings is 12. The highest BCUT2D eigenvalue weighted by atomic mass is 79.9. The topological polar surface area (TPSA) is 244 Å². The van der Waals surface area contributed by atoms with E-state index in [9.17, 15) is 20.4 Å². The molecule has 12 fully saturated rings. The van der Waals surface area contributed by atoms with Gasteiger partial charge in [-0.1, -0.05) is 42.6 Å². The highest BCUT2D eigenvalue weighted by molar-refractivity contribution is 9.10. The zero-order valence-corrected chi connectivity index (χ0v) is 43.7. The Labute approximate surface area is 434 Å². The molecular weight excluding hydrogens is 997 g/mol. The third-order valence-corrected chi connectivity index (χ3v) is 17.1. The molecule has 3 aromatic heterocycles. The first-order valence-electron chi connectivity index (χ1n) is 25.5. The number of methoxy groups -OCH3 is 1. The fraction of sp³-hybridized carbons (Fsp3) is 0.608. The summed E-state index contributed by atoms with van der Waals surface area (Å²) in [4.78, 5) is 11.6. The Balaban J connectivity index is 0.000000120. The van der Waals surface area contributed by atoms with Gasteiger partial charge in [-0.2, -0.15) is 0 Å². The lowest BCUT2D eigenvalue weighted by molar-refractivity contribution is -0.120. The van der Waals surface area contributed by atoms with E-state index in [4.69, 9.17) is 16.7 Å². The van der Waals surface area contributed by atoms with Crippen molar-refractivity contribution >= 4 is 15.9 Å². The molecule has 12 saturated heterocycles. The van der Waals surface area contributed by atoms with Crippen LogP contribution in [0.2, 0.25) is 0 Å². The first kappa shape index (κ1) is 52.5. The summed E-state index contributed by atoms with van der Waals surface area (Å²) in [5.41, 5.74) is 8.02. The van der Waals surface area contributed by atoms with Crippen LogP contribution < -0.4 is 4.74 Å². The van der Waals surface area contributed by atoms with Crippen LogP contribution in [0, 0.1) is 36.0 Å². The van der Waals surface area contributed by atoms with Crippen molar-refractivity contribution in [3.05, 3.63) is 99.1 Å². The van der Waals surface area contributed by atoms with Crippen LogP contribution in [0.3, 0.4) is 0 Å².